The number of alkyl halides is 1. The van der Waals surface area contributed by atoms with Gasteiger partial charge >= 0.3 is 0 Å². The van der Waals surface area contributed by atoms with Crippen LogP contribution in [0.15, 0.2) is 18.2 Å². The van der Waals surface area contributed by atoms with Crippen LogP contribution >= 0.6 is 11.6 Å². The number of hydrogen-bond acceptors (Lipinski definition) is 2. The summed E-state index contributed by atoms with van der Waals surface area (Å²) in [5.41, 5.74) is 6.52. The van der Waals surface area contributed by atoms with Crippen molar-refractivity contribution in [2.45, 2.75) is 13.0 Å². The molecular formula is C10H13ClFNO. The topological polar surface area (TPSA) is 35.2 Å². The lowest BCUT2D eigenvalue weighted by Crippen LogP contribution is -2.09. The third-order valence-electron chi connectivity index (χ3n) is 1.80. The first kappa shape index (κ1) is 11.3. The molecule has 0 aromatic heterocycles. The minimum absolute atomic E-state index is 0.0430. The predicted octanol–water partition coefficient (Wildman–Crippen LogP) is 2.71. The molecule has 1 atom stereocenters. The molecule has 0 spiro atoms. The molecular weight excluding hydrogens is 205 g/mol. The summed E-state index contributed by atoms with van der Waals surface area (Å²) in [5, 5.41) is 0.602. The molecule has 0 unspecified atom stereocenters. The maximum atomic E-state index is 11.9. The first-order valence-corrected chi connectivity index (χ1v) is 4.76. The van der Waals surface area contributed by atoms with Crippen LogP contribution in [-0.2, 0) is 0 Å². The Hall–Kier alpha value is -0.800. The van der Waals surface area contributed by atoms with E-state index in [0.717, 1.165) is 5.56 Å². The molecule has 0 bridgehead atoms. The lowest BCUT2D eigenvalue weighted by molar-refractivity contribution is 0.270. The molecule has 1 aromatic carbocycles. The number of ether oxygens (including phenoxy) is 1. The highest BCUT2D eigenvalue weighted by Crippen LogP contribution is 2.27. The van der Waals surface area contributed by atoms with Crippen LogP contribution in [0.1, 0.15) is 18.5 Å². The van der Waals surface area contributed by atoms with Gasteiger partial charge in [0.1, 0.15) is 19.0 Å². The van der Waals surface area contributed by atoms with Gasteiger partial charge in [-0.3, -0.25) is 0 Å². The Morgan fingerprint density at radius 3 is 2.86 bits per heavy atom. The van der Waals surface area contributed by atoms with E-state index in [1.807, 2.05) is 6.92 Å². The largest absolute Gasteiger partial charge is 0.491 e. The third-order valence-corrected chi connectivity index (χ3v) is 2.03. The zero-order valence-corrected chi connectivity index (χ0v) is 8.72. The monoisotopic (exact) mass is 217 g/mol. The Kier molecular flexibility index (Phi) is 4.17. The van der Waals surface area contributed by atoms with Crippen LogP contribution in [-0.4, -0.2) is 13.3 Å². The Balaban J connectivity index is 2.90. The highest BCUT2D eigenvalue weighted by Gasteiger charge is 2.08. The van der Waals surface area contributed by atoms with Crippen molar-refractivity contribution in [3.8, 4) is 5.75 Å². The smallest absolute Gasteiger partial charge is 0.124 e. The second-order valence-electron chi connectivity index (χ2n) is 3.01. The minimum Gasteiger partial charge on any atom is -0.491 e. The standard InChI is InChI=1S/C10H13ClFNO/c1-7(13)9-6-8(11)2-3-10(9)14-5-4-12/h2-3,6-7H,4-5,13H2,1H3/t7-/m1/s1. The van der Waals surface area contributed by atoms with Crippen LogP contribution in [0, 0.1) is 0 Å². The van der Waals surface area contributed by atoms with E-state index in [4.69, 9.17) is 22.1 Å². The summed E-state index contributed by atoms with van der Waals surface area (Å²) < 4.78 is 17.1. The van der Waals surface area contributed by atoms with Gasteiger partial charge in [-0.15, -0.1) is 0 Å². The van der Waals surface area contributed by atoms with Crippen molar-refractivity contribution in [3.05, 3.63) is 28.8 Å². The Morgan fingerprint density at radius 1 is 1.57 bits per heavy atom. The molecule has 1 rings (SSSR count). The van der Waals surface area contributed by atoms with E-state index in [9.17, 15) is 4.39 Å². The van der Waals surface area contributed by atoms with Gasteiger partial charge in [0.25, 0.3) is 0 Å². The predicted molar refractivity (Wildman–Crippen MR) is 55.5 cm³/mol. The second-order valence-corrected chi connectivity index (χ2v) is 3.44. The van der Waals surface area contributed by atoms with E-state index in [2.05, 4.69) is 0 Å². The van der Waals surface area contributed by atoms with Gasteiger partial charge < -0.3 is 10.5 Å². The van der Waals surface area contributed by atoms with Crippen LogP contribution in [0.25, 0.3) is 0 Å². The molecule has 0 amide bonds. The average Bonchev–Trinajstić information content (AvgIpc) is 2.15. The molecule has 14 heavy (non-hydrogen) atoms. The van der Waals surface area contributed by atoms with Gasteiger partial charge in [-0.25, -0.2) is 4.39 Å². The van der Waals surface area contributed by atoms with Gasteiger partial charge in [-0.1, -0.05) is 11.6 Å². The zero-order chi connectivity index (χ0) is 10.6. The van der Waals surface area contributed by atoms with E-state index in [1.54, 1.807) is 18.2 Å². The molecule has 0 radical (unpaired) electrons. The summed E-state index contributed by atoms with van der Waals surface area (Å²) in [4.78, 5) is 0. The first-order valence-electron chi connectivity index (χ1n) is 4.39. The van der Waals surface area contributed by atoms with Crippen molar-refractivity contribution in [1.29, 1.82) is 0 Å². The number of halogens is 2. The summed E-state index contributed by atoms with van der Waals surface area (Å²) in [7, 11) is 0. The van der Waals surface area contributed by atoms with Gasteiger partial charge in [0, 0.05) is 16.6 Å². The summed E-state index contributed by atoms with van der Waals surface area (Å²) in [6.45, 7) is 1.36. The summed E-state index contributed by atoms with van der Waals surface area (Å²) in [6.07, 6.45) is 0. The maximum Gasteiger partial charge on any atom is 0.124 e. The molecule has 2 nitrogen and oxygen atoms in total. The fraction of sp³-hybridized carbons (Fsp3) is 0.400. The molecule has 0 fully saturated rings. The second kappa shape index (κ2) is 5.17. The normalized spacial score (nSPS) is 12.6. The van der Waals surface area contributed by atoms with Crippen LogP contribution in [0.5, 0.6) is 5.75 Å². The SMILES string of the molecule is C[C@@H](N)c1cc(Cl)ccc1OCCF. The minimum atomic E-state index is -0.513. The summed E-state index contributed by atoms with van der Waals surface area (Å²) >= 11 is 5.81. The van der Waals surface area contributed by atoms with E-state index < -0.39 is 6.67 Å². The van der Waals surface area contributed by atoms with Crippen molar-refractivity contribution in [3.63, 3.8) is 0 Å². The van der Waals surface area contributed by atoms with Crippen molar-refractivity contribution in [2.75, 3.05) is 13.3 Å². The fourth-order valence-corrected chi connectivity index (χ4v) is 1.34. The van der Waals surface area contributed by atoms with E-state index in [1.165, 1.54) is 0 Å². The first-order chi connectivity index (χ1) is 6.65. The van der Waals surface area contributed by atoms with Gasteiger partial charge in [0.15, 0.2) is 0 Å². The molecule has 0 aliphatic carbocycles. The van der Waals surface area contributed by atoms with Crippen LogP contribution in [0.3, 0.4) is 0 Å². The van der Waals surface area contributed by atoms with Crippen molar-refractivity contribution >= 4 is 11.6 Å². The van der Waals surface area contributed by atoms with Crippen molar-refractivity contribution < 1.29 is 9.13 Å². The molecule has 1 aromatic rings. The van der Waals surface area contributed by atoms with E-state index in [0.29, 0.717) is 10.8 Å². The molecule has 0 saturated carbocycles. The number of rotatable bonds is 4. The summed E-state index contributed by atoms with van der Waals surface area (Å²) in [5.74, 6) is 0.599. The quantitative estimate of drug-likeness (QED) is 0.842. The maximum absolute atomic E-state index is 11.9. The molecule has 0 aliphatic heterocycles. The average molecular weight is 218 g/mol. The Labute approximate surface area is 87.8 Å². The van der Waals surface area contributed by atoms with Gasteiger partial charge in [0.2, 0.25) is 0 Å². The lowest BCUT2D eigenvalue weighted by atomic mass is 10.1. The van der Waals surface area contributed by atoms with Crippen LogP contribution in [0.2, 0.25) is 5.02 Å². The molecule has 0 saturated heterocycles. The number of benzene rings is 1. The van der Waals surface area contributed by atoms with Gasteiger partial charge in [0.05, 0.1) is 0 Å². The summed E-state index contributed by atoms with van der Waals surface area (Å²) in [6, 6.07) is 4.96. The van der Waals surface area contributed by atoms with Gasteiger partial charge in [-0.2, -0.15) is 0 Å². The molecule has 0 heterocycles. The zero-order valence-electron chi connectivity index (χ0n) is 7.97. The van der Waals surface area contributed by atoms with Crippen LogP contribution < -0.4 is 10.5 Å². The third kappa shape index (κ3) is 2.86. The highest BCUT2D eigenvalue weighted by molar-refractivity contribution is 6.30. The Morgan fingerprint density at radius 2 is 2.29 bits per heavy atom. The van der Waals surface area contributed by atoms with E-state index in [-0.39, 0.29) is 12.6 Å². The van der Waals surface area contributed by atoms with Crippen molar-refractivity contribution in [1.82, 2.24) is 0 Å². The molecule has 4 heteroatoms. The molecule has 2 N–H and O–H groups in total. The number of nitrogens with two attached hydrogens (primary N) is 1. The Bertz CT molecular complexity index is 304. The molecule has 78 valence electrons. The molecule has 0 aliphatic rings. The highest BCUT2D eigenvalue weighted by atomic mass is 35.5. The van der Waals surface area contributed by atoms with Crippen molar-refractivity contribution in [2.24, 2.45) is 5.73 Å². The van der Waals surface area contributed by atoms with Crippen LogP contribution in [0.4, 0.5) is 4.39 Å². The lowest BCUT2D eigenvalue weighted by Gasteiger charge is -2.13. The van der Waals surface area contributed by atoms with Gasteiger partial charge in [-0.05, 0) is 25.1 Å². The fourth-order valence-electron chi connectivity index (χ4n) is 1.16. The number of hydrogen-bond donors (Lipinski definition) is 1. The van der Waals surface area contributed by atoms with E-state index >= 15 is 0 Å².